The molecule has 0 radical (unpaired) electrons. The summed E-state index contributed by atoms with van der Waals surface area (Å²) < 4.78 is 18.3. The van der Waals surface area contributed by atoms with Gasteiger partial charge in [-0.2, -0.15) is 4.98 Å². The maximum Gasteiger partial charge on any atom is 0.243 e. The van der Waals surface area contributed by atoms with Crippen LogP contribution >= 0.6 is 0 Å². The highest BCUT2D eigenvalue weighted by molar-refractivity contribution is 5.19. The Morgan fingerprint density at radius 2 is 2.39 bits per heavy atom. The van der Waals surface area contributed by atoms with E-state index in [1.807, 2.05) is 6.07 Å². The molecule has 0 bridgehead atoms. The van der Waals surface area contributed by atoms with Crippen LogP contribution in [0.5, 0.6) is 0 Å². The van der Waals surface area contributed by atoms with Gasteiger partial charge in [-0.1, -0.05) is 17.3 Å². The van der Waals surface area contributed by atoms with Gasteiger partial charge in [-0.25, -0.2) is 4.39 Å². The van der Waals surface area contributed by atoms with Gasteiger partial charge in [0, 0.05) is 6.42 Å². The number of halogens is 1. The molecule has 2 aromatic rings. The summed E-state index contributed by atoms with van der Waals surface area (Å²) in [4.78, 5) is 4.35. The number of rotatable bonds is 3. The SMILES string of the molecule is Fc1cccc(Cc2noc([C@H]3CCCN3)n2)c1. The Morgan fingerprint density at radius 1 is 1.44 bits per heavy atom. The third kappa shape index (κ3) is 2.41. The van der Waals surface area contributed by atoms with Crippen LogP contribution in [0.2, 0.25) is 0 Å². The van der Waals surface area contributed by atoms with E-state index in [4.69, 9.17) is 4.52 Å². The summed E-state index contributed by atoms with van der Waals surface area (Å²) >= 11 is 0. The lowest BCUT2D eigenvalue weighted by Crippen LogP contribution is -2.13. The first-order valence-electron chi connectivity index (χ1n) is 6.11. The molecule has 1 aliphatic rings. The van der Waals surface area contributed by atoms with Crippen molar-refractivity contribution in [1.82, 2.24) is 15.5 Å². The number of hydrogen-bond donors (Lipinski definition) is 1. The zero-order chi connectivity index (χ0) is 12.4. The summed E-state index contributed by atoms with van der Waals surface area (Å²) in [7, 11) is 0. The van der Waals surface area contributed by atoms with Crippen molar-refractivity contribution >= 4 is 0 Å². The topological polar surface area (TPSA) is 51.0 Å². The predicted octanol–water partition coefficient (Wildman–Crippen LogP) is 2.22. The van der Waals surface area contributed by atoms with E-state index in [0.717, 1.165) is 24.9 Å². The maximum atomic E-state index is 13.0. The van der Waals surface area contributed by atoms with Crippen molar-refractivity contribution in [3.63, 3.8) is 0 Å². The van der Waals surface area contributed by atoms with Crippen LogP contribution in [-0.4, -0.2) is 16.7 Å². The largest absolute Gasteiger partial charge is 0.338 e. The third-order valence-corrected chi connectivity index (χ3v) is 3.09. The van der Waals surface area contributed by atoms with Gasteiger partial charge in [-0.05, 0) is 37.1 Å². The van der Waals surface area contributed by atoms with Crippen LogP contribution in [0.1, 0.15) is 36.2 Å². The van der Waals surface area contributed by atoms with Gasteiger partial charge in [0.05, 0.1) is 6.04 Å². The summed E-state index contributed by atoms with van der Waals surface area (Å²) in [6, 6.07) is 6.63. The highest BCUT2D eigenvalue weighted by atomic mass is 19.1. The lowest BCUT2D eigenvalue weighted by Gasteiger charge is -2.01. The first-order valence-corrected chi connectivity index (χ1v) is 6.11. The van der Waals surface area contributed by atoms with Crippen LogP contribution in [0.25, 0.3) is 0 Å². The van der Waals surface area contributed by atoms with Crippen LogP contribution in [0.3, 0.4) is 0 Å². The van der Waals surface area contributed by atoms with Crippen LogP contribution in [0.4, 0.5) is 4.39 Å². The molecule has 1 aliphatic heterocycles. The smallest absolute Gasteiger partial charge is 0.243 e. The zero-order valence-corrected chi connectivity index (χ0v) is 9.90. The number of nitrogens with one attached hydrogen (secondary N) is 1. The fraction of sp³-hybridized carbons (Fsp3) is 0.385. The molecular formula is C13H14FN3O. The lowest BCUT2D eigenvalue weighted by molar-refractivity contribution is 0.341. The van der Waals surface area contributed by atoms with Crippen molar-refractivity contribution in [3.8, 4) is 0 Å². The highest BCUT2D eigenvalue weighted by Gasteiger charge is 2.22. The summed E-state index contributed by atoms with van der Waals surface area (Å²) in [5.74, 6) is 0.997. The molecule has 0 unspecified atom stereocenters. The monoisotopic (exact) mass is 247 g/mol. The molecule has 5 heteroatoms. The van der Waals surface area contributed by atoms with Crippen LogP contribution < -0.4 is 5.32 Å². The van der Waals surface area contributed by atoms with E-state index in [0.29, 0.717) is 18.1 Å². The Bertz CT molecular complexity index is 535. The minimum Gasteiger partial charge on any atom is -0.338 e. The molecule has 0 spiro atoms. The van der Waals surface area contributed by atoms with Gasteiger partial charge >= 0.3 is 0 Å². The van der Waals surface area contributed by atoms with Crippen LogP contribution in [-0.2, 0) is 6.42 Å². The Hall–Kier alpha value is -1.75. The van der Waals surface area contributed by atoms with Gasteiger partial charge in [0.2, 0.25) is 5.89 Å². The molecule has 1 saturated heterocycles. The van der Waals surface area contributed by atoms with E-state index >= 15 is 0 Å². The van der Waals surface area contributed by atoms with Gasteiger partial charge in [0.25, 0.3) is 0 Å². The molecule has 18 heavy (non-hydrogen) atoms. The molecular weight excluding hydrogens is 233 g/mol. The molecule has 0 aliphatic carbocycles. The molecule has 1 atom stereocenters. The minimum atomic E-state index is -0.242. The number of nitrogens with zero attached hydrogens (tertiary/aromatic N) is 2. The van der Waals surface area contributed by atoms with Crippen molar-refractivity contribution in [2.45, 2.75) is 25.3 Å². The first kappa shape index (κ1) is 11.3. The van der Waals surface area contributed by atoms with Crippen molar-refractivity contribution in [2.75, 3.05) is 6.54 Å². The molecule has 4 nitrogen and oxygen atoms in total. The molecule has 1 N–H and O–H groups in total. The average Bonchev–Trinajstić information content (AvgIpc) is 2.98. The van der Waals surface area contributed by atoms with Gasteiger partial charge in [0.1, 0.15) is 5.82 Å². The number of aromatic nitrogens is 2. The van der Waals surface area contributed by atoms with E-state index in [9.17, 15) is 4.39 Å². The van der Waals surface area contributed by atoms with Crippen LogP contribution in [0, 0.1) is 5.82 Å². The van der Waals surface area contributed by atoms with Crippen molar-refractivity contribution in [2.24, 2.45) is 0 Å². The standard InChI is InChI=1S/C13H14FN3O/c14-10-4-1-3-9(7-10)8-12-16-13(18-17-12)11-5-2-6-15-11/h1,3-4,7,11,15H,2,5-6,8H2/t11-/m1/s1. The third-order valence-electron chi connectivity index (χ3n) is 3.09. The summed E-state index contributed by atoms with van der Waals surface area (Å²) in [6.07, 6.45) is 2.65. The highest BCUT2D eigenvalue weighted by Crippen LogP contribution is 2.21. The second-order valence-corrected chi connectivity index (χ2v) is 4.50. The molecule has 0 amide bonds. The maximum absolute atomic E-state index is 13.0. The van der Waals surface area contributed by atoms with E-state index < -0.39 is 0 Å². The molecule has 1 aromatic carbocycles. The minimum absolute atomic E-state index is 0.179. The van der Waals surface area contributed by atoms with E-state index in [2.05, 4.69) is 15.5 Å². The fourth-order valence-corrected chi connectivity index (χ4v) is 2.21. The number of hydrogen-bond acceptors (Lipinski definition) is 4. The van der Waals surface area contributed by atoms with Gasteiger partial charge in [0.15, 0.2) is 5.82 Å². The van der Waals surface area contributed by atoms with E-state index in [1.54, 1.807) is 6.07 Å². The zero-order valence-electron chi connectivity index (χ0n) is 9.90. The summed E-state index contributed by atoms with van der Waals surface area (Å²) in [6.45, 7) is 0.992. The Morgan fingerprint density at radius 3 is 3.17 bits per heavy atom. The van der Waals surface area contributed by atoms with E-state index in [1.165, 1.54) is 12.1 Å². The van der Waals surface area contributed by atoms with Gasteiger partial charge in [-0.15, -0.1) is 0 Å². The quantitative estimate of drug-likeness (QED) is 0.903. The van der Waals surface area contributed by atoms with Crippen LogP contribution in [0.15, 0.2) is 28.8 Å². The Labute approximate surface area is 104 Å². The number of benzene rings is 1. The molecule has 0 saturated carbocycles. The van der Waals surface area contributed by atoms with Gasteiger partial charge < -0.3 is 9.84 Å². The second-order valence-electron chi connectivity index (χ2n) is 4.50. The fourth-order valence-electron chi connectivity index (χ4n) is 2.21. The summed E-state index contributed by atoms with van der Waals surface area (Å²) in [5, 5.41) is 7.24. The average molecular weight is 247 g/mol. The normalized spacial score (nSPS) is 19.3. The Balaban J connectivity index is 1.73. The summed E-state index contributed by atoms with van der Waals surface area (Å²) in [5.41, 5.74) is 0.849. The van der Waals surface area contributed by atoms with E-state index in [-0.39, 0.29) is 11.9 Å². The molecule has 94 valence electrons. The second kappa shape index (κ2) is 4.86. The lowest BCUT2D eigenvalue weighted by atomic mass is 10.1. The molecule has 2 heterocycles. The van der Waals surface area contributed by atoms with Crippen molar-refractivity contribution in [1.29, 1.82) is 0 Å². The molecule has 1 aromatic heterocycles. The van der Waals surface area contributed by atoms with Crippen molar-refractivity contribution < 1.29 is 8.91 Å². The first-order chi connectivity index (χ1) is 8.81. The molecule has 3 rings (SSSR count). The van der Waals surface area contributed by atoms with Crippen molar-refractivity contribution in [3.05, 3.63) is 47.4 Å². The van der Waals surface area contributed by atoms with Gasteiger partial charge in [-0.3, -0.25) is 0 Å². The molecule has 1 fully saturated rings. The Kier molecular flexibility index (Phi) is 3.06. The predicted molar refractivity (Wildman–Crippen MR) is 63.5 cm³/mol.